The predicted octanol–water partition coefficient (Wildman–Crippen LogP) is 3.53. The van der Waals surface area contributed by atoms with Crippen molar-refractivity contribution in [2.45, 2.75) is 32.6 Å². The lowest BCUT2D eigenvalue weighted by Crippen LogP contribution is -2.04. The third-order valence-electron chi connectivity index (χ3n) is 5.96. The second kappa shape index (κ2) is 7.91. The van der Waals surface area contributed by atoms with Crippen molar-refractivity contribution < 1.29 is 9.26 Å². The van der Waals surface area contributed by atoms with Crippen LogP contribution in [0.3, 0.4) is 0 Å². The number of imidazole rings is 1. The van der Waals surface area contributed by atoms with E-state index >= 15 is 0 Å². The van der Waals surface area contributed by atoms with E-state index in [9.17, 15) is 0 Å². The normalized spacial score (nSPS) is 12.2. The first-order valence-corrected chi connectivity index (χ1v) is 11.0. The molecule has 1 aromatic carbocycles. The van der Waals surface area contributed by atoms with Gasteiger partial charge in [0.25, 0.3) is 0 Å². The fourth-order valence-electron chi connectivity index (χ4n) is 4.20. The van der Waals surface area contributed by atoms with Crippen molar-refractivity contribution in [1.29, 1.82) is 0 Å². The number of aromatic nitrogens is 8. The van der Waals surface area contributed by atoms with Crippen LogP contribution in [0.1, 0.15) is 48.3 Å². The molecule has 4 aromatic heterocycles. The number of rotatable bonds is 5. The number of hydrogen-bond donors (Lipinski definition) is 0. The van der Waals surface area contributed by atoms with Crippen LogP contribution in [0.5, 0.6) is 5.75 Å². The molecule has 0 saturated carbocycles. The largest absolute Gasteiger partial charge is 0.497 e. The number of fused-ring (bicyclic) bond motifs is 5. The smallest absolute Gasteiger partial charge is 0.229 e. The van der Waals surface area contributed by atoms with E-state index in [0.29, 0.717) is 30.3 Å². The first-order valence-electron chi connectivity index (χ1n) is 11.0. The molecule has 5 heterocycles. The maximum atomic E-state index is 5.50. The standard InChI is InChI=1S/C24H22N8O2/c1-14(2)24-27-23(29-34-24)22-21-11-19-17(9-15-5-4-8-25-12-15)28-30-32(19)20-10-16(33-3)6-7-18(20)31(21)13-26-22/h4-8,10,12-14H,9,11H2,1-3H3. The van der Waals surface area contributed by atoms with Gasteiger partial charge in [-0.25, -0.2) is 9.67 Å². The summed E-state index contributed by atoms with van der Waals surface area (Å²) in [5.41, 5.74) is 6.30. The highest BCUT2D eigenvalue weighted by Crippen LogP contribution is 2.35. The Morgan fingerprint density at radius 3 is 2.82 bits per heavy atom. The summed E-state index contributed by atoms with van der Waals surface area (Å²) in [7, 11) is 1.65. The van der Waals surface area contributed by atoms with Gasteiger partial charge in [-0.15, -0.1) is 5.10 Å². The summed E-state index contributed by atoms with van der Waals surface area (Å²) < 4.78 is 14.9. The Morgan fingerprint density at radius 2 is 2.06 bits per heavy atom. The molecule has 0 N–H and O–H groups in total. The summed E-state index contributed by atoms with van der Waals surface area (Å²) in [6.07, 6.45) is 6.56. The van der Waals surface area contributed by atoms with Crippen LogP contribution in [-0.2, 0) is 12.8 Å². The Morgan fingerprint density at radius 1 is 1.15 bits per heavy atom. The lowest BCUT2D eigenvalue weighted by atomic mass is 10.1. The fraction of sp³-hybridized carbons (Fsp3) is 0.250. The van der Waals surface area contributed by atoms with Crippen LogP contribution in [0, 0.1) is 0 Å². The van der Waals surface area contributed by atoms with Gasteiger partial charge in [-0.1, -0.05) is 30.3 Å². The summed E-state index contributed by atoms with van der Waals surface area (Å²) in [5, 5.41) is 13.3. The number of nitrogens with zero attached hydrogens (tertiary/aromatic N) is 8. The van der Waals surface area contributed by atoms with Gasteiger partial charge in [0, 0.05) is 37.2 Å². The van der Waals surface area contributed by atoms with Gasteiger partial charge in [-0.05, 0) is 23.8 Å². The van der Waals surface area contributed by atoms with Gasteiger partial charge in [-0.2, -0.15) is 4.98 Å². The van der Waals surface area contributed by atoms with Crippen molar-refractivity contribution in [3.63, 3.8) is 0 Å². The van der Waals surface area contributed by atoms with Gasteiger partial charge < -0.3 is 9.26 Å². The van der Waals surface area contributed by atoms with E-state index in [1.54, 1.807) is 19.6 Å². The topological polar surface area (TPSA) is 110 Å². The summed E-state index contributed by atoms with van der Waals surface area (Å²) in [4.78, 5) is 13.5. The van der Waals surface area contributed by atoms with Crippen molar-refractivity contribution in [1.82, 2.24) is 39.7 Å². The van der Waals surface area contributed by atoms with Gasteiger partial charge in [0.2, 0.25) is 11.7 Å². The van der Waals surface area contributed by atoms with Crippen molar-refractivity contribution in [3.8, 4) is 28.6 Å². The molecule has 170 valence electrons. The predicted molar refractivity (Wildman–Crippen MR) is 122 cm³/mol. The van der Waals surface area contributed by atoms with Crippen LogP contribution in [0.4, 0.5) is 0 Å². The van der Waals surface area contributed by atoms with Crippen molar-refractivity contribution in [3.05, 3.63) is 77.6 Å². The van der Waals surface area contributed by atoms with Gasteiger partial charge in [0.15, 0.2) is 0 Å². The van der Waals surface area contributed by atoms with E-state index in [4.69, 9.17) is 9.26 Å². The first kappa shape index (κ1) is 20.3. The lowest BCUT2D eigenvalue weighted by molar-refractivity contribution is 0.365. The molecule has 0 radical (unpaired) electrons. The highest BCUT2D eigenvalue weighted by molar-refractivity contribution is 5.63. The van der Waals surface area contributed by atoms with Gasteiger partial charge in [0.05, 0.1) is 35.6 Å². The molecule has 1 aliphatic heterocycles. The van der Waals surface area contributed by atoms with Crippen LogP contribution >= 0.6 is 0 Å². The van der Waals surface area contributed by atoms with E-state index in [0.717, 1.165) is 39.8 Å². The number of ether oxygens (including phenoxy) is 1. The van der Waals surface area contributed by atoms with Crippen LogP contribution < -0.4 is 4.74 Å². The third kappa shape index (κ3) is 3.26. The zero-order valence-electron chi connectivity index (χ0n) is 19.0. The van der Waals surface area contributed by atoms with Gasteiger partial charge >= 0.3 is 0 Å². The van der Waals surface area contributed by atoms with E-state index in [2.05, 4.69) is 35.0 Å². The molecule has 0 saturated heterocycles. The molecule has 6 rings (SSSR count). The highest BCUT2D eigenvalue weighted by Gasteiger charge is 2.28. The molecule has 10 nitrogen and oxygen atoms in total. The molecule has 0 unspecified atom stereocenters. The van der Waals surface area contributed by atoms with E-state index in [1.165, 1.54) is 0 Å². The van der Waals surface area contributed by atoms with E-state index in [1.807, 2.05) is 55.1 Å². The molecule has 0 atom stereocenters. The average Bonchev–Trinajstić information content (AvgIpc) is 3.57. The minimum absolute atomic E-state index is 0.132. The lowest BCUT2D eigenvalue weighted by Gasteiger charge is -2.11. The van der Waals surface area contributed by atoms with Crippen LogP contribution in [0.15, 0.2) is 53.6 Å². The molecule has 34 heavy (non-hydrogen) atoms. The maximum Gasteiger partial charge on any atom is 0.229 e. The second-order valence-corrected chi connectivity index (χ2v) is 8.48. The fourth-order valence-corrected chi connectivity index (χ4v) is 4.20. The van der Waals surface area contributed by atoms with Crippen LogP contribution in [-0.4, -0.2) is 46.8 Å². The molecule has 0 spiro atoms. The highest BCUT2D eigenvalue weighted by atomic mass is 16.5. The van der Waals surface area contributed by atoms with Gasteiger partial charge in [-0.3, -0.25) is 9.55 Å². The van der Waals surface area contributed by atoms with Crippen LogP contribution in [0.25, 0.3) is 22.9 Å². The molecular weight excluding hydrogens is 432 g/mol. The molecule has 0 aliphatic carbocycles. The summed E-state index contributed by atoms with van der Waals surface area (Å²) in [5.74, 6) is 1.92. The minimum Gasteiger partial charge on any atom is -0.497 e. The number of benzene rings is 1. The third-order valence-corrected chi connectivity index (χ3v) is 5.96. The molecular formula is C24H22N8O2. The first-order chi connectivity index (χ1) is 16.6. The van der Waals surface area contributed by atoms with Crippen molar-refractivity contribution >= 4 is 0 Å². The number of hydrogen-bond acceptors (Lipinski definition) is 8. The summed E-state index contributed by atoms with van der Waals surface area (Å²) in [6.45, 7) is 4.03. The quantitative estimate of drug-likeness (QED) is 0.389. The Labute approximate surface area is 195 Å². The minimum atomic E-state index is 0.132. The van der Waals surface area contributed by atoms with Crippen molar-refractivity contribution in [2.75, 3.05) is 7.11 Å². The molecule has 1 aliphatic rings. The second-order valence-electron chi connectivity index (χ2n) is 8.48. The molecule has 5 aromatic rings. The molecule has 10 heteroatoms. The monoisotopic (exact) mass is 454 g/mol. The zero-order chi connectivity index (χ0) is 23.2. The Bertz CT molecular complexity index is 1480. The van der Waals surface area contributed by atoms with E-state index < -0.39 is 0 Å². The molecule has 0 amide bonds. The Hall–Kier alpha value is -4.34. The molecule has 0 fully saturated rings. The van der Waals surface area contributed by atoms with Crippen LogP contribution in [0.2, 0.25) is 0 Å². The summed E-state index contributed by atoms with van der Waals surface area (Å²) >= 11 is 0. The van der Waals surface area contributed by atoms with Gasteiger partial charge in [0.1, 0.15) is 17.8 Å². The van der Waals surface area contributed by atoms with Crippen molar-refractivity contribution in [2.24, 2.45) is 0 Å². The number of pyridine rings is 1. The summed E-state index contributed by atoms with van der Waals surface area (Å²) in [6, 6.07) is 9.84. The zero-order valence-corrected chi connectivity index (χ0v) is 19.0. The number of methoxy groups -OCH3 is 1. The van der Waals surface area contributed by atoms with E-state index in [-0.39, 0.29) is 5.92 Å². The average molecular weight is 454 g/mol. The Balaban J connectivity index is 1.54. The maximum absolute atomic E-state index is 5.50. The Kier molecular flexibility index (Phi) is 4.72. The SMILES string of the molecule is COc1ccc2c(c1)-n1nnc(Cc3cccnc3)c1Cc1c(-c3noc(C(C)C)n3)ncn1-2. The molecule has 0 bridgehead atoms.